The van der Waals surface area contributed by atoms with E-state index in [9.17, 15) is 19.7 Å². The monoisotopic (exact) mass is 332 g/mol. The van der Waals surface area contributed by atoms with E-state index in [1.807, 2.05) is 0 Å². The van der Waals surface area contributed by atoms with Crippen LogP contribution in [0.5, 0.6) is 0 Å². The molecule has 0 heterocycles. The Morgan fingerprint density at radius 2 is 1.90 bits per heavy atom. The normalized spacial score (nSPS) is 12.6. The molecule has 0 aliphatic rings. The molecule has 0 fully saturated rings. The number of halogens is 2. The topological polar surface area (TPSA) is 89.3 Å². The molecule has 0 saturated carbocycles. The fourth-order valence-electron chi connectivity index (χ4n) is 1.42. The summed E-state index contributed by atoms with van der Waals surface area (Å²) < 4.78 is 0. The number of anilines is 1. The van der Waals surface area contributed by atoms with Crippen LogP contribution in [-0.4, -0.2) is 22.0 Å². The third-order valence-electron chi connectivity index (χ3n) is 2.62. The highest BCUT2D eigenvalue weighted by molar-refractivity contribution is 6.44. The second kappa shape index (κ2) is 6.41. The number of non-ortho nitro benzene ring substituents is 1. The van der Waals surface area contributed by atoms with Crippen LogP contribution in [0.1, 0.15) is 20.8 Å². The largest absolute Gasteiger partial charge is 0.323 e. The maximum atomic E-state index is 11.9. The van der Waals surface area contributed by atoms with E-state index in [1.54, 1.807) is 20.8 Å². The smallest absolute Gasteiger partial charge is 0.271 e. The van der Waals surface area contributed by atoms with Crippen LogP contribution in [-0.2, 0) is 9.59 Å². The summed E-state index contributed by atoms with van der Waals surface area (Å²) >= 11 is 11.7. The molecule has 0 spiro atoms. The number of nitro benzene ring substituents is 1. The number of Topliss-reactive ketones (excluding diaryl/α,β-unsaturated/α-hetero) is 1. The molecule has 0 bridgehead atoms. The third kappa shape index (κ3) is 4.41. The first-order chi connectivity index (χ1) is 9.54. The number of carbonyl (C=O) groups excluding carboxylic acids is 2. The first-order valence-corrected chi connectivity index (χ1v) is 6.78. The average Bonchev–Trinajstić information content (AvgIpc) is 2.38. The van der Waals surface area contributed by atoms with Crippen LogP contribution in [0, 0.1) is 15.5 Å². The minimum Gasteiger partial charge on any atom is -0.323 e. The summed E-state index contributed by atoms with van der Waals surface area (Å²) in [5.74, 6) is -1.23. The van der Waals surface area contributed by atoms with Crippen LogP contribution in [0.2, 0.25) is 5.02 Å². The van der Waals surface area contributed by atoms with Gasteiger partial charge < -0.3 is 5.32 Å². The molecule has 8 heteroatoms. The highest BCUT2D eigenvalue weighted by atomic mass is 35.5. The number of amides is 1. The Morgan fingerprint density at radius 3 is 2.38 bits per heavy atom. The summed E-state index contributed by atoms with van der Waals surface area (Å²) in [4.78, 5) is 33.9. The zero-order chi connectivity index (χ0) is 16.4. The highest BCUT2D eigenvalue weighted by Gasteiger charge is 2.33. The van der Waals surface area contributed by atoms with Gasteiger partial charge in [-0.3, -0.25) is 19.7 Å². The number of nitrogens with zero attached hydrogens (tertiary/aromatic N) is 1. The van der Waals surface area contributed by atoms with Gasteiger partial charge in [-0.15, -0.1) is 11.6 Å². The Labute approximate surface area is 131 Å². The lowest BCUT2D eigenvalue weighted by Crippen LogP contribution is -2.37. The molecule has 21 heavy (non-hydrogen) atoms. The molecule has 1 rings (SSSR count). The van der Waals surface area contributed by atoms with E-state index in [0.717, 1.165) is 6.07 Å². The van der Waals surface area contributed by atoms with Gasteiger partial charge in [0.1, 0.15) is 0 Å². The van der Waals surface area contributed by atoms with E-state index < -0.39 is 27.4 Å². The third-order valence-corrected chi connectivity index (χ3v) is 3.34. The van der Waals surface area contributed by atoms with Crippen LogP contribution in [0.15, 0.2) is 18.2 Å². The maximum absolute atomic E-state index is 11.9. The predicted molar refractivity (Wildman–Crippen MR) is 80.8 cm³/mol. The van der Waals surface area contributed by atoms with Gasteiger partial charge >= 0.3 is 0 Å². The highest BCUT2D eigenvalue weighted by Crippen LogP contribution is 2.28. The van der Waals surface area contributed by atoms with Crippen LogP contribution < -0.4 is 5.32 Å². The van der Waals surface area contributed by atoms with Gasteiger partial charge in [-0.2, -0.15) is 0 Å². The molecule has 0 unspecified atom stereocenters. The van der Waals surface area contributed by atoms with E-state index in [0.29, 0.717) is 0 Å². The fraction of sp³-hybridized carbons (Fsp3) is 0.385. The van der Waals surface area contributed by atoms with Crippen LogP contribution in [0.3, 0.4) is 0 Å². The fourth-order valence-corrected chi connectivity index (χ4v) is 1.96. The molecule has 1 amide bonds. The summed E-state index contributed by atoms with van der Waals surface area (Å²) in [5, 5.41) is 11.7. The molecule has 0 aliphatic carbocycles. The van der Waals surface area contributed by atoms with E-state index in [4.69, 9.17) is 23.2 Å². The standard InChI is InChI=1S/C13H14Cl2N2O4/c1-13(2,3)11(18)10(15)12(19)16-9-6-7(17(20)21)4-5-8(9)14/h4-6,10H,1-3H3,(H,16,19)/t10-/m1/s1. The van der Waals surface area contributed by atoms with Gasteiger partial charge in [0, 0.05) is 17.5 Å². The molecular weight excluding hydrogens is 319 g/mol. The minimum atomic E-state index is -1.40. The molecule has 0 radical (unpaired) electrons. The number of benzene rings is 1. The van der Waals surface area contributed by atoms with Crippen molar-refractivity contribution in [3.05, 3.63) is 33.3 Å². The maximum Gasteiger partial charge on any atom is 0.271 e. The molecule has 0 aliphatic heterocycles. The molecule has 114 valence electrons. The van der Waals surface area contributed by atoms with E-state index in [1.165, 1.54) is 12.1 Å². The zero-order valence-electron chi connectivity index (χ0n) is 11.6. The molecular formula is C13H14Cl2N2O4. The lowest BCUT2D eigenvalue weighted by atomic mass is 9.88. The van der Waals surface area contributed by atoms with Gasteiger partial charge in [0.2, 0.25) is 5.91 Å². The van der Waals surface area contributed by atoms with Gasteiger partial charge in [0.15, 0.2) is 11.2 Å². The van der Waals surface area contributed by atoms with Gasteiger partial charge in [-0.05, 0) is 6.07 Å². The van der Waals surface area contributed by atoms with E-state index >= 15 is 0 Å². The molecule has 6 nitrogen and oxygen atoms in total. The first-order valence-electron chi connectivity index (χ1n) is 5.97. The van der Waals surface area contributed by atoms with Crippen molar-refractivity contribution in [1.82, 2.24) is 0 Å². The summed E-state index contributed by atoms with van der Waals surface area (Å²) in [5.41, 5.74) is -0.984. The van der Waals surface area contributed by atoms with Gasteiger partial charge in [0.05, 0.1) is 15.6 Å². The second-order valence-corrected chi connectivity index (χ2v) is 6.23. The van der Waals surface area contributed by atoms with E-state index in [-0.39, 0.29) is 16.4 Å². The van der Waals surface area contributed by atoms with E-state index in [2.05, 4.69) is 5.32 Å². The first kappa shape index (κ1) is 17.4. The van der Waals surface area contributed by atoms with Gasteiger partial charge in [0.25, 0.3) is 5.69 Å². The lowest BCUT2D eigenvalue weighted by Gasteiger charge is -2.20. The van der Waals surface area contributed by atoms with Crippen molar-refractivity contribution in [3.63, 3.8) is 0 Å². The van der Waals surface area contributed by atoms with Crippen molar-refractivity contribution >= 4 is 46.3 Å². The van der Waals surface area contributed by atoms with Crippen molar-refractivity contribution in [3.8, 4) is 0 Å². The zero-order valence-corrected chi connectivity index (χ0v) is 13.2. The summed E-state index contributed by atoms with van der Waals surface area (Å²) in [6.45, 7) is 4.91. The van der Waals surface area contributed by atoms with Gasteiger partial charge in [-0.1, -0.05) is 32.4 Å². The minimum absolute atomic E-state index is 0.0308. The number of rotatable bonds is 4. The summed E-state index contributed by atoms with van der Waals surface area (Å²) in [6, 6.07) is 3.59. The quantitative estimate of drug-likeness (QED) is 0.396. The molecule has 1 N–H and O–H groups in total. The number of ketones is 1. The second-order valence-electron chi connectivity index (χ2n) is 5.39. The number of hydrogen-bond acceptors (Lipinski definition) is 4. The van der Waals surface area contributed by atoms with Crippen molar-refractivity contribution in [2.45, 2.75) is 26.1 Å². The number of hydrogen-bond donors (Lipinski definition) is 1. The van der Waals surface area contributed by atoms with Crippen LogP contribution in [0.25, 0.3) is 0 Å². The van der Waals surface area contributed by atoms with Crippen molar-refractivity contribution in [1.29, 1.82) is 0 Å². The molecule has 0 saturated heterocycles. The Hall–Kier alpha value is -1.66. The summed E-state index contributed by atoms with van der Waals surface area (Å²) in [6.07, 6.45) is 0. The van der Waals surface area contributed by atoms with Crippen molar-refractivity contribution < 1.29 is 14.5 Å². The Bertz CT molecular complexity index is 596. The molecule has 1 aromatic carbocycles. The van der Waals surface area contributed by atoms with Crippen molar-refractivity contribution in [2.75, 3.05) is 5.32 Å². The van der Waals surface area contributed by atoms with Crippen LogP contribution in [0.4, 0.5) is 11.4 Å². The molecule has 1 atom stereocenters. The number of alkyl halides is 1. The lowest BCUT2D eigenvalue weighted by molar-refractivity contribution is -0.384. The number of nitro groups is 1. The number of carbonyl (C=O) groups is 2. The van der Waals surface area contributed by atoms with Crippen LogP contribution >= 0.6 is 23.2 Å². The molecule has 0 aromatic heterocycles. The number of nitrogens with one attached hydrogen (secondary N) is 1. The average molecular weight is 333 g/mol. The molecule has 1 aromatic rings. The van der Waals surface area contributed by atoms with Gasteiger partial charge in [-0.25, -0.2) is 0 Å². The summed E-state index contributed by atoms with van der Waals surface area (Å²) in [7, 11) is 0. The Kier molecular flexibility index (Phi) is 5.31. The predicted octanol–water partition coefficient (Wildman–Crippen LogP) is 3.41. The van der Waals surface area contributed by atoms with Crippen molar-refractivity contribution in [2.24, 2.45) is 5.41 Å². The Balaban J connectivity index is 2.96. The Morgan fingerprint density at radius 1 is 1.33 bits per heavy atom. The SMILES string of the molecule is CC(C)(C)C(=O)[C@@H](Cl)C(=O)Nc1cc([N+](=O)[O-])ccc1Cl.